The van der Waals surface area contributed by atoms with E-state index in [1.807, 2.05) is 11.8 Å². The Balaban J connectivity index is 2.45. The Morgan fingerprint density at radius 2 is 1.88 bits per heavy atom. The highest BCUT2D eigenvalue weighted by molar-refractivity contribution is 7.98. The molecule has 0 aliphatic carbocycles. The first-order chi connectivity index (χ1) is 7.63. The molecule has 0 aromatic heterocycles. The van der Waals surface area contributed by atoms with Crippen molar-refractivity contribution in [2.24, 2.45) is 0 Å². The third kappa shape index (κ3) is 4.58. The first-order valence-electron chi connectivity index (χ1n) is 5.93. The highest BCUT2D eigenvalue weighted by atomic mass is 32.2. The summed E-state index contributed by atoms with van der Waals surface area (Å²) < 4.78 is 0. The highest BCUT2D eigenvalue weighted by Crippen LogP contribution is 2.10. The number of benzene rings is 1. The number of hydrogen-bond donors (Lipinski definition) is 1. The van der Waals surface area contributed by atoms with Gasteiger partial charge in [-0.05, 0) is 44.6 Å². The van der Waals surface area contributed by atoms with Crippen LogP contribution in [0.3, 0.4) is 0 Å². The number of hydrogen-bond acceptors (Lipinski definition) is 2. The Morgan fingerprint density at radius 1 is 1.19 bits per heavy atom. The number of thioether (sulfide) groups is 1. The second-order valence-electron chi connectivity index (χ2n) is 4.55. The average molecular weight is 237 g/mol. The van der Waals surface area contributed by atoms with E-state index in [-0.39, 0.29) is 0 Å². The average Bonchev–Trinajstić information content (AvgIpc) is 2.21. The van der Waals surface area contributed by atoms with E-state index >= 15 is 0 Å². The van der Waals surface area contributed by atoms with Crippen LogP contribution in [0.5, 0.6) is 0 Å². The predicted octanol–water partition coefficient (Wildman–Crippen LogP) is 3.27. The lowest BCUT2D eigenvalue weighted by Gasteiger charge is -2.20. The minimum absolute atomic E-state index is 0.545. The zero-order valence-corrected chi connectivity index (χ0v) is 11.6. The van der Waals surface area contributed by atoms with Crippen molar-refractivity contribution in [3.05, 3.63) is 35.4 Å². The van der Waals surface area contributed by atoms with E-state index in [0.717, 1.165) is 6.42 Å². The summed E-state index contributed by atoms with van der Waals surface area (Å²) in [7, 11) is 0. The number of nitrogens with one attached hydrogen (secondary N) is 1. The summed E-state index contributed by atoms with van der Waals surface area (Å²) in [5.41, 5.74) is 2.85. The molecule has 2 heteroatoms. The van der Waals surface area contributed by atoms with Crippen molar-refractivity contribution in [2.45, 2.75) is 39.3 Å². The van der Waals surface area contributed by atoms with Crippen LogP contribution in [-0.2, 0) is 6.42 Å². The maximum Gasteiger partial charge on any atom is 0.0132 e. The molecule has 0 amide bonds. The summed E-state index contributed by atoms with van der Waals surface area (Å²) in [6.07, 6.45) is 3.27. The summed E-state index contributed by atoms with van der Waals surface area (Å²) in [5, 5.41) is 3.64. The summed E-state index contributed by atoms with van der Waals surface area (Å²) in [6, 6.07) is 9.78. The zero-order valence-electron chi connectivity index (χ0n) is 10.8. The van der Waals surface area contributed by atoms with E-state index in [4.69, 9.17) is 0 Å². The van der Waals surface area contributed by atoms with E-state index in [1.165, 1.54) is 16.9 Å². The highest BCUT2D eigenvalue weighted by Gasteiger charge is 2.08. The Morgan fingerprint density at radius 3 is 2.50 bits per heavy atom. The molecular weight excluding hydrogens is 214 g/mol. The van der Waals surface area contributed by atoms with Crippen molar-refractivity contribution in [1.29, 1.82) is 0 Å². The van der Waals surface area contributed by atoms with Crippen LogP contribution in [0.4, 0.5) is 0 Å². The Hall–Kier alpha value is -0.470. The Kier molecular flexibility index (Phi) is 5.93. The lowest BCUT2D eigenvalue weighted by atomic mass is 10.0. The lowest BCUT2D eigenvalue weighted by molar-refractivity contribution is 0.491. The second kappa shape index (κ2) is 6.97. The second-order valence-corrected chi connectivity index (χ2v) is 5.47. The van der Waals surface area contributed by atoms with Crippen LogP contribution in [0.15, 0.2) is 24.3 Å². The SMILES string of the molecule is CSCC(C)NC(C)Cc1ccccc1C. The molecule has 1 nitrogen and oxygen atoms in total. The van der Waals surface area contributed by atoms with Gasteiger partial charge in [0.25, 0.3) is 0 Å². The standard InChI is InChI=1S/C14H23NS/c1-11-7-5-6-8-14(11)9-12(2)15-13(3)10-16-4/h5-8,12-13,15H,9-10H2,1-4H3. The van der Waals surface area contributed by atoms with Crippen molar-refractivity contribution in [3.8, 4) is 0 Å². The van der Waals surface area contributed by atoms with Gasteiger partial charge in [0.15, 0.2) is 0 Å². The van der Waals surface area contributed by atoms with Crippen molar-refractivity contribution >= 4 is 11.8 Å². The summed E-state index contributed by atoms with van der Waals surface area (Å²) >= 11 is 1.90. The molecule has 1 aromatic carbocycles. The van der Waals surface area contributed by atoms with E-state index in [1.54, 1.807) is 0 Å². The minimum atomic E-state index is 0.545. The van der Waals surface area contributed by atoms with Gasteiger partial charge in [0.05, 0.1) is 0 Å². The predicted molar refractivity (Wildman–Crippen MR) is 75.3 cm³/mol. The molecule has 0 aliphatic heterocycles. The van der Waals surface area contributed by atoms with Gasteiger partial charge in [-0.25, -0.2) is 0 Å². The molecule has 16 heavy (non-hydrogen) atoms. The quantitative estimate of drug-likeness (QED) is 0.815. The lowest BCUT2D eigenvalue weighted by Crippen LogP contribution is -2.37. The van der Waals surface area contributed by atoms with Gasteiger partial charge < -0.3 is 5.32 Å². The Labute approximate surface area is 104 Å². The third-order valence-corrected chi connectivity index (χ3v) is 3.61. The van der Waals surface area contributed by atoms with Crippen LogP contribution >= 0.6 is 11.8 Å². The summed E-state index contributed by atoms with van der Waals surface area (Å²) in [4.78, 5) is 0. The number of aryl methyl sites for hydroxylation is 1. The van der Waals surface area contributed by atoms with E-state index < -0.39 is 0 Å². The van der Waals surface area contributed by atoms with Gasteiger partial charge in [0, 0.05) is 17.8 Å². The van der Waals surface area contributed by atoms with Crippen molar-refractivity contribution in [1.82, 2.24) is 5.32 Å². The summed E-state index contributed by atoms with van der Waals surface area (Å²) in [5.74, 6) is 1.18. The fourth-order valence-corrected chi connectivity index (χ4v) is 2.61. The van der Waals surface area contributed by atoms with Gasteiger partial charge in [-0.1, -0.05) is 24.3 Å². The molecule has 1 aromatic rings. The molecule has 2 unspecified atom stereocenters. The van der Waals surface area contributed by atoms with Crippen LogP contribution < -0.4 is 5.32 Å². The van der Waals surface area contributed by atoms with Crippen LogP contribution in [0.1, 0.15) is 25.0 Å². The topological polar surface area (TPSA) is 12.0 Å². The normalized spacial score (nSPS) is 14.8. The van der Waals surface area contributed by atoms with Gasteiger partial charge >= 0.3 is 0 Å². The maximum absolute atomic E-state index is 3.64. The monoisotopic (exact) mass is 237 g/mol. The minimum Gasteiger partial charge on any atom is -0.311 e. The van der Waals surface area contributed by atoms with E-state index in [0.29, 0.717) is 12.1 Å². The molecule has 0 saturated carbocycles. The fraction of sp³-hybridized carbons (Fsp3) is 0.571. The van der Waals surface area contributed by atoms with Crippen LogP contribution in [0.25, 0.3) is 0 Å². The molecule has 1 rings (SSSR count). The molecule has 0 heterocycles. The van der Waals surface area contributed by atoms with Crippen molar-refractivity contribution in [2.75, 3.05) is 12.0 Å². The molecular formula is C14H23NS. The molecule has 2 atom stereocenters. The summed E-state index contributed by atoms with van der Waals surface area (Å²) in [6.45, 7) is 6.71. The number of rotatable bonds is 6. The molecule has 0 bridgehead atoms. The van der Waals surface area contributed by atoms with Gasteiger partial charge in [0.2, 0.25) is 0 Å². The van der Waals surface area contributed by atoms with Crippen LogP contribution in [0, 0.1) is 6.92 Å². The van der Waals surface area contributed by atoms with Gasteiger partial charge in [-0.15, -0.1) is 0 Å². The molecule has 1 N–H and O–H groups in total. The first-order valence-corrected chi connectivity index (χ1v) is 7.32. The van der Waals surface area contributed by atoms with Crippen molar-refractivity contribution in [3.63, 3.8) is 0 Å². The smallest absolute Gasteiger partial charge is 0.0132 e. The maximum atomic E-state index is 3.64. The molecule has 90 valence electrons. The van der Waals surface area contributed by atoms with Crippen molar-refractivity contribution < 1.29 is 0 Å². The van der Waals surface area contributed by atoms with Crippen LogP contribution in [0.2, 0.25) is 0 Å². The Bertz CT molecular complexity index is 311. The molecule has 0 saturated heterocycles. The largest absolute Gasteiger partial charge is 0.311 e. The zero-order chi connectivity index (χ0) is 12.0. The molecule has 0 aliphatic rings. The molecule has 0 fully saturated rings. The fourth-order valence-electron chi connectivity index (χ4n) is 2.01. The van der Waals surface area contributed by atoms with E-state index in [2.05, 4.69) is 56.6 Å². The van der Waals surface area contributed by atoms with Crippen LogP contribution in [-0.4, -0.2) is 24.1 Å². The third-order valence-electron chi connectivity index (χ3n) is 2.77. The molecule has 0 radical (unpaired) electrons. The van der Waals surface area contributed by atoms with Gasteiger partial charge in [-0.2, -0.15) is 11.8 Å². The molecule has 0 spiro atoms. The van der Waals surface area contributed by atoms with E-state index in [9.17, 15) is 0 Å². The van der Waals surface area contributed by atoms with Gasteiger partial charge in [-0.3, -0.25) is 0 Å². The first kappa shape index (κ1) is 13.6. The van der Waals surface area contributed by atoms with Gasteiger partial charge in [0.1, 0.15) is 0 Å².